The standard InChI is InChI=1S/C16H14ClFO2/c1-9-2-5-15-12(6-9)14(19)8-16(20-15)11-4-3-10(17)7-13(11)18/h2-7,14,16,19H,8H2,1H3/t14-,16?/m1/s1. The van der Waals surface area contributed by atoms with E-state index >= 15 is 0 Å². The predicted octanol–water partition coefficient (Wildman–Crippen LogP) is 4.34. The molecule has 0 bridgehead atoms. The predicted molar refractivity (Wildman–Crippen MR) is 75.5 cm³/mol. The number of aliphatic hydroxyl groups excluding tert-OH is 1. The zero-order valence-corrected chi connectivity index (χ0v) is 11.7. The summed E-state index contributed by atoms with van der Waals surface area (Å²) in [5.74, 6) is 0.193. The molecule has 1 aliphatic rings. The molecule has 1 aliphatic heterocycles. The van der Waals surface area contributed by atoms with Gasteiger partial charge in [0.1, 0.15) is 17.7 Å². The van der Waals surface area contributed by atoms with E-state index in [0.717, 1.165) is 11.1 Å². The van der Waals surface area contributed by atoms with Gasteiger partial charge in [-0.15, -0.1) is 0 Å². The lowest BCUT2D eigenvalue weighted by molar-refractivity contribution is 0.0640. The maximum Gasteiger partial charge on any atom is 0.131 e. The molecule has 0 radical (unpaired) electrons. The van der Waals surface area contributed by atoms with Gasteiger partial charge in [-0.25, -0.2) is 4.39 Å². The van der Waals surface area contributed by atoms with Gasteiger partial charge in [0, 0.05) is 22.6 Å². The number of hydrogen-bond acceptors (Lipinski definition) is 2. The quantitative estimate of drug-likeness (QED) is 0.847. The van der Waals surface area contributed by atoms with Crippen LogP contribution in [-0.4, -0.2) is 5.11 Å². The lowest BCUT2D eigenvalue weighted by Gasteiger charge is -2.30. The zero-order valence-electron chi connectivity index (χ0n) is 10.9. The molecule has 0 saturated heterocycles. The number of fused-ring (bicyclic) bond motifs is 1. The fourth-order valence-corrected chi connectivity index (χ4v) is 2.68. The van der Waals surface area contributed by atoms with Gasteiger partial charge in [-0.1, -0.05) is 29.3 Å². The minimum absolute atomic E-state index is 0.328. The molecule has 20 heavy (non-hydrogen) atoms. The number of hydrogen-bond donors (Lipinski definition) is 1. The molecule has 0 saturated carbocycles. The van der Waals surface area contributed by atoms with Gasteiger partial charge >= 0.3 is 0 Å². The highest BCUT2D eigenvalue weighted by Crippen LogP contribution is 2.41. The van der Waals surface area contributed by atoms with E-state index in [2.05, 4.69) is 0 Å². The first-order valence-corrected chi connectivity index (χ1v) is 6.82. The first kappa shape index (κ1) is 13.4. The van der Waals surface area contributed by atoms with Crippen LogP contribution in [0.1, 0.15) is 35.3 Å². The minimum Gasteiger partial charge on any atom is -0.485 e. The largest absolute Gasteiger partial charge is 0.485 e. The molecule has 2 aromatic rings. The summed E-state index contributed by atoms with van der Waals surface area (Å²) < 4.78 is 19.8. The summed E-state index contributed by atoms with van der Waals surface area (Å²) in [6.45, 7) is 1.96. The Bertz CT molecular complexity index is 657. The van der Waals surface area contributed by atoms with Crippen molar-refractivity contribution >= 4 is 11.6 Å². The lowest BCUT2D eigenvalue weighted by atomic mass is 9.94. The smallest absolute Gasteiger partial charge is 0.131 e. The molecular formula is C16H14ClFO2. The van der Waals surface area contributed by atoms with E-state index < -0.39 is 18.0 Å². The van der Waals surface area contributed by atoms with Crippen LogP contribution in [0, 0.1) is 12.7 Å². The van der Waals surface area contributed by atoms with Gasteiger partial charge in [-0.3, -0.25) is 0 Å². The summed E-state index contributed by atoms with van der Waals surface area (Å²) >= 11 is 5.75. The van der Waals surface area contributed by atoms with Crippen LogP contribution in [0.15, 0.2) is 36.4 Å². The molecule has 0 aromatic heterocycles. The van der Waals surface area contributed by atoms with Gasteiger partial charge in [0.05, 0.1) is 6.10 Å². The number of benzene rings is 2. The molecule has 0 amide bonds. The number of aryl methyl sites for hydroxylation is 1. The molecule has 1 heterocycles. The first-order chi connectivity index (χ1) is 9.54. The molecule has 2 atom stereocenters. The molecule has 1 N–H and O–H groups in total. The Morgan fingerprint density at radius 2 is 2.00 bits per heavy atom. The maximum atomic E-state index is 14.0. The van der Waals surface area contributed by atoms with Crippen molar-refractivity contribution in [3.63, 3.8) is 0 Å². The lowest BCUT2D eigenvalue weighted by Crippen LogP contribution is -2.20. The van der Waals surface area contributed by atoms with E-state index in [0.29, 0.717) is 22.8 Å². The molecule has 0 aliphatic carbocycles. The van der Waals surface area contributed by atoms with Gasteiger partial charge < -0.3 is 9.84 Å². The van der Waals surface area contributed by atoms with Crippen molar-refractivity contribution in [2.75, 3.05) is 0 Å². The van der Waals surface area contributed by atoms with E-state index in [1.165, 1.54) is 6.07 Å². The van der Waals surface area contributed by atoms with E-state index in [9.17, 15) is 9.50 Å². The van der Waals surface area contributed by atoms with Gasteiger partial charge in [-0.05, 0) is 31.2 Å². The van der Waals surface area contributed by atoms with E-state index in [1.54, 1.807) is 12.1 Å². The summed E-state index contributed by atoms with van der Waals surface area (Å²) in [5, 5.41) is 10.6. The highest BCUT2D eigenvalue weighted by Gasteiger charge is 2.29. The van der Waals surface area contributed by atoms with Gasteiger partial charge in [-0.2, -0.15) is 0 Å². The van der Waals surface area contributed by atoms with Crippen molar-refractivity contribution in [2.45, 2.75) is 25.6 Å². The second-order valence-corrected chi connectivity index (χ2v) is 5.50. The second-order valence-electron chi connectivity index (χ2n) is 5.07. The van der Waals surface area contributed by atoms with Crippen LogP contribution in [0.4, 0.5) is 4.39 Å². The fourth-order valence-electron chi connectivity index (χ4n) is 2.52. The zero-order chi connectivity index (χ0) is 14.3. The third kappa shape index (κ3) is 2.39. The van der Waals surface area contributed by atoms with E-state index in [4.69, 9.17) is 16.3 Å². The number of aliphatic hydroxyl groups is 1. The van der Waals surface area contributed by atoms with Crippen molar-refractivity contribution < 1.29 is 14.2 Å². The molecule has 1 unspecified atom stereocenters. The summed E-state index contributed by atoms with van der Waals surface area (Å²) in [4.78, 5) is 0. The normalized spacial score (nSPS) is 21.2. The van der Waals surface area contributed by atoms with Crippen molar-refractivity contribution in [3.8, 4) is 5.75 Å². The Balaban J connectivity index is 1.97. The summed E-state index contributed by atoms with van der Waals surface area (Å²) in [6.07, 6.45) is -0.828. The molecule has 2 nitrogen and oxygen atoms in total. The van der Waals surface area contributed by atoms with Crippen LogP contribution in [0.3, 0.4) is 0 Å². The van der Waals surface area contributed by atoms with Crippen molar-refractivity contribution in [2.24, 2.45) is 0 Å². The monoisotopic (exact) mass is 292 g/mol. The summed E-state index contributed by atoms with van der Waals surface area (Å²) in [6, 6.07) is 10.1. The van der Waals surface area contributed by atoms with E-state index in [-0.39, 0.29) is 0 Å². The third-order valence-electron chi connectivity index (χ3n) is 3.54. The maximum absolute atomic E-state index is 14.0. The average Bonchev–Trinajstić information content (AvgIpc) is 2.39. The van der Waals surface area contributed by atoms with Crippen molar-refractivity contribution in [1.29, 1.82) is 0 Å². The highest BCUT2D eigenvalue weighted by molar-refractivity contribution is 6.30. The van der Waals surface area contributed by atoms with Crippen LogP contribution in [0.2, 0.25) is 5.02 Å². The molecular weight excluding hydrogens is 279 g/mol. The molecule has 104 valence electrons. The minimum atomic E-state index is -0.654. The Hall–Kier alpha value is -1.58. The Labute approximate surface area is 121 Å². The van der Waals surface area contributed by atoms with Gasteiger partial charge in [0.25, 0.3) is 0 Å². The second kappa shape index (κ2) is 5.08. The molecule has 0 fully saturated rings. The highest BCUT2D eigenvalue weighted by atomic mass is 35.5. The van der Waals surface area contributed by atoms with Crippen LogP contribution in [-0.2, 0) is 0 Å². The number of rotatable bonds is 1. The van der Waals surface area contributed by atoms with Crippen LogP contribution in [0.5, 0.6) is 5.75 Å². The number of halogens is 2. The number of ether oxygens (including phenoxy) is 1. The van der Waals surface area contributed by atoms with Gasteiger partial charge in [0.15, 0.2) is 0 Å². The molecule has 4 heteroatoms. The SMILES string of the molecule is Cc1ccc2c(c1)[C@H](O)CC(c1ccc(Cl)cc1F)O2. The van der Waals surface area contributed by atoms with Crippen molar-refractivity contribution in [1.82, 2.24) is 0 Å². The Morgan fingerprint density at radius 3 is 2.75 bits per heavy atom. The van der Waals surface area contributed by atoms with Crippen molar-refractivity contribution in [3.05, 3.63) is 63.9 Å². The first-order valence-electron chi connectivity index (χ1n) is 6.45. The average molecular weight is 293 g/mol. The van der Waals surface area contributed by atoms with E-state index in [1.807, 2.05) is 25.1 Å². The summed E-state index contributed by atoms with van der Waals surface area (Å²) in [7, 11) is 0. The Kier molecular flexibility index (Phi) is 3.40. The van der Waals surface area contributed by atoms with Crippen LogP contribution < -0.4 is 4.74 Å². The molecule has 3 rings (SSSR count). The fraction of sp³-hybridized carbons (Fsp3) is 0.250. The molecule has 2 aromatic carbocycles. The summed E-state index contributed by atoms with van der Waals surface area (Å²) in [5.41, 5.74) is 2.23. The molecule has 0 spiro atoms. The Morgan fingerprint density at radius 1 is 1.20 bits per heavy atom. The van der Waals surface area contributed by atoms with Crippen LogP contribution >= 0.6 is 11.6 Å². The van der Waals surface area contributed by atoms with Gasteiger partial charge in [0.2, 0.25) is 0 Å². The third-order valence-corrected chi connectivity index (χ3v) is 3.78. The topological polar surface area (TPSA) is 29.5 Å². The van der Waals surface area contributed by atoms with Crippen LogP contribution in [0.25, 0.3) is 0 Å².